The molecule has 0 radical (unpaired) electrons. The van der Waals surface area contributed by atoms with Crippen LogP contribution in [0.5, 0.6) is 0 Å². The Kier molecular flexibility index (Phi) is 4.84. The molecule has 2 aliphatic rings. The average Bonchev–Trinajstić information content (AvgIpc) is 3.06. The minimum absolute atomic E-state index is 0.0138. The van der Waals surface area contributed by atoms with Crippen LogP contribution in [0.1, 0.15) is 24.0 Å². The van der Waals surface area contributed by atoms with E-state index in [2.05, 4.69) is 15.3 Å². The van der Waals surface area contributed by atoms with E-state index in [1.165, 1.54) is 0 Å². The molecule has 0 aliphatic carbocycles. The molecule has 1 aromatic heterocycles. The number of hydrogen-bond donors (Lipinski definition) is 0. The van der Waals surface area contributed by atoms with Gasteiger partial charge in [0.15, 0.2) is 0 Å². The maximum absolute atomic E-state index is 12.3. The molecule has 0 N–H and O–H groups in total. The standard InChI is InChI=1S/C14H23N3O3S2/c1-3-6-22(18,19)17-8-13-14(9-17)20-5-4-16(13)7-12-10-21-11(2)15-12/h10,13-14H,3-9H2,1-2H3/t13-,14+/m0/s1. The number of sulfonamides is 1. The van der Waals surface area contributed by atoms with E-state index >= 15 is 0 Å². The highest BCUT2D eigenvalue weighted by Gasteiger charge is 2.43. The third-order valence-corrected chi connectivity index (χ3v) is 7.10. The van der Waals surface area contributed by atoms with Crippen LogP contribution >= 0.6 is 11.3 Å². The Morgan fingerprint density at radius 2 is 2.27 bits per heavy atom. The second-order valence-corrected chi connectivity index (χ2v) is 9.09. The average molecular weight is 345 g/mol. The molecule has 2 atom stereocenters. The van der Waals surface area contributed by atoms with Crippen molar-refractivity contribution in [2.75, 3.05) is 32.0 Å². The van der Waals surface area contributed by atoms with Crippen LogP contribution < -0.4 is 0 Å². The summed E-state index contributed by atoms with van der Waals surface area (Å²) >= 11 is 1.65. The van der Waals surface area contributed by atoms with Gasteiger partial charge in [-0.1, -0.05) is 6.92 Å². The first-order chi connectivity index (χ1) is 10.5. The fourth-order valence-electron chi connectivity index (χ4n) is 3.22. The lowest BCUT2D eigenvalue weighted by Crippen LogP contribution is -2.50. The van der Waals surface area contributed by atoms with Gasteiger partial charge in [-0.25, -0.2) is 13.4 Å². The second-order valence-electron chi connectivity index (χ2n) is 5.94. The molecule has 0 bridgehead atoms. The van der Waals surface area contributed by atoms with E-state index in [-0.39, 0.29) is 17.9 Å². The number of ether oxygens (including phenoxy) is 1. The zero-order valence-corrected chi connectivity index (χ0v) is 14.7. The summed E-state index contributed by atoms with van der Waals surface area (Å²) in [7, 11) is -3.15. The minimum atomic E-state index is -3.15. The number of hydrogen-bond acceptors (Lipinski definition) is 6. The Morgan fingerprint density at radius 1 is 1.45 bits per heavy atom. The van der Waals surface area contributed by atoms with Crippen molar-refractivity contribution in [3.8, 4) is 0 Å². The summed E-state index contributed by atoms with van der Waals surface area (Å²) < 4.78 is 32.0. The van der Waals surface area contributed by atoms with Crippen LogP contribution in [0.3, 0.4) is 0 Å². The number of rotatable bonds is 5. The van der Waals surface area contributed by atoms with E-state index in [0.29, 0.717) is 26.1 Å². The van der Waals surface area contributed by atoms with Crippen LogP contribution in [-0.4, -0.2) is 66.7 Å². The van der Waals surface area contributed by atoms with Crippen molar-refractivity contribution in [2.24, 2.45) is 0 Å². The summed E-state index contributed by atoms with van der Waals surface area (Å²) in [6, 6.07) is 0.141. The Hall–Kier alpha value is -0.540. The third-order valence-electron chi connectivity index (χ3n) is 4.27. The quantitative estimate of drug-likeness (QED) is 0.799. The Morgan fingerprint density at radius 3 is 2.95 bits per heavy atom. The van der Waals surface area contributed by atoms with Gasteiger partial charge in [-0.05, 0) is 13.3 Å². The van der Waals surface area contributed by atoms with Crippen LogP contribution in [0.15, 0.2) is 5.38 Å². The molecular weight excluding hydrogens is 322 g/mol. The van der Waals surface area contributed by atoms with E-state index in [1.807, 2.05) is 13.8 Å². The Balaban J connectivity index is 1.70. The molecule has 2 saturated heterocycles. The van der Waals surface area contributed by atoms with Crippen LogP contribution in [0, 0.1) is 6.92 Å². The highest BCUT2D eigenvalue weighted by atomic mass is 32.2. The molecule has 0 aromatic carbocycles. The first kappa shape index (κ1) is 16.3. The molecule has 124 valence electrons. The molecule has 3 rings (SSSR count). The second kappa shape index (κ2) is 6.52. The van der Waals surface area contributed by atoms with E-state index in [0.717, 1.165) is 23.8 Å². The van der Waals surface area contributed by atoms with Crippen molar-refractivity contribution < 1.29 is 13.2 Å². The largest absolute Gasteiger partial charge is 0.374 e. The van der Waals surface area contributed by atoms with E-state index in [4.69, 9.17) is 4.74 Å². The van der Waals surface area contributed by atoms with Gasteiger partial charge in [0.25, 0.3) is 0 Å². The zero-order chi connectivity index (χ0) is 15.7. The van der Waals surface area contributed by atoms with Gasteiger partial charge in [-0.15, -0.1) is 11.3 Å². The first-order valence-electron chi connectivity index (χ1n) is 7.74. The number of fused-ring (bicyclic) bond motifs is 1. The fraction of sp³-hybridized carbons (Fsp3) is 0.786. The van der Waals surface area contributed by atoms with Crippen molar-refractivity contribution in [2.45, 2.75) is 39.0 Å². The smallest absolute Gasteiger partial charge is 0.214 e. The van der Waals surface area contributed by atoms with Crippen molar-refractivity contribution in [3.63, 3.8) is 0 Å². The van der Waals surface area contributed by atoms with Gasteiger partial charge in [0, 0.05) is 31.6 Å². The van der Waals surface area contributed by atoms with Crippen LogP contribution in [0.25, 0.3) is 0 Å². The van der Waals surface area contributed by atoms with Crippen molar-refractivity contribution >= 4 is 21.4 Å². The maximum atomic E-state index is 12.3. The van der Waals surface area contributed by atoms with Gasteiger partial charge in [0.2, 0.25) is 10.0 Å². The molecule has 6 nitrogen and oxygen atoms in total. The van der Waals surface area contributed by atoms with Gasteiger partial charge in [0.05, 0.1) is 35.2 Å². The number of aromatic nitrogens is 1. The van der Waals surface area contributed by atoms with Gasteiger partial charge >= 0.3 is 0 Å². The molecule has 1 aromatic rings. The van der Waals surface area contributed by atoms with Gasteiger partial charge < -0.3 is 4.74 Å². The monoisotopic (exact) mass is 345 g/mol. The summed E-state index contributed by atoms with van der Waals surface area (Å²) in [6.07, 6.45) is 0.636. The predicted octanol–water partition coefficient (Wildman–Crippen LogP) is 1.08. The highest BCUT2D eigenvalue weighted by molar-refractivity contribution is 7.89. The van der Waals surface area contributed by atoms with E-state index in [9.17, 15) is 8.42 Å². The molecule has 22 heavy (non-hydrogen) atoms. The van der Waals surface area contributed by atoms with Crippen molar-refractivity contribution in [1.82, 2.24) is 14.2 Å². The van der Waals surface area contributed by atoms with E-state index in [1.54, 1.807) is 15.6 Å². The zero-order valence-electron chi connectivity index (χ0n) is 13.1. The normalized spacial score (nSPS) is 27.2. The van der Waals surface area contributed by atoms with Crippen LogP contribution in [0.4, 0.5) is 0 Å². The van der Waals surface area contributed by atoms with Crippen molar-refractivity contribution in [3.05, 3.63) is 16.1 Å². The topological polar surface area (TPSA) is 62.7 Å². The lowest BCUT2D eigenvalue weighted by atomic mass is 10.1. The lowest BCUT2D eigenvalue weighted by Gasteiger charge is -2.36. The molecule has 8 heteroatoms. The maximum Gasteiger partial charge on any atom is 0.214 e. The first-order valence-corrected chi connectivity index (χ1v) is 10.2. The molecule has 0 spiro atoms. The van der Waals surface area contributed by atoms with Gasteiger partial charge in [-0.2, -0.15) is 4.31 Å². The number of morpholine rings is 1. The molecule has 2 fully saturated rings. The molecule has 0 amide bonds. The molecule has 2 aliphatic heterocycles. The Labute approximate surface area is 136 Å². The summed E-state index contributed by atoms with van der Waals surface area (Å²) in [4.78, 5) is 6.84. The fourth-order valence-corrected chi connectivity index (χ4v) is 5.36. The molecule has 0 saturated carbocycles. The molecule has 0 unspecified atom stereocenters. The van der Waals surface area contributed by atoms with Gasteiger partial charge in [-0.3, -0.25) is 4.90 Å². The van der Waals surface area contributed by atoms with Crippen molar-refractivity contribution in [1.29, 1.82) is 0 Å². The van der Waals surface area contributed by atoms with Gasteiger partial charge in [0.1, 0.15) is 0 Å². The summed E-state index contributed by atoms with van der Waals surface area (Å²) in [6.45, 7) is 7.19. The summed E-state index contributed by atoms with van der Waals surface area (Å²) in [5.74, 6) is 0.220. The predicted molar refractivity (Wildman–Crippen MR) is 86.4 cm³/mol. The molecule has 3 heterocycles. The number of thiazole rings is 1. The molecular formula is C14H23N3O3S2. The Bertz CT molecular complexity index is 617. The summed E-state index contributed by atoms with van der Waals surface area (Å²) in [5.41, 5.74) is 1.07. The SMILES string of the molecule is CCCS(=O)(=O)N1C[C@H]2OCCN(Cc3csc(C)n3)[C@H]2C1. The van der Waals surface area contributed by atoms with E-state index < -0.39 is 10.0 Å². The summed E-state index contributed by atoms with van der Waals surface area (Å²) in [5, 5.41) is 3.15. The number of aryl methyl sites for hydroxylation is 1. The number of nitrogens with zero attached hydrogens (tertiary/aromatic N) is 3. The van der Waals surface area contributed by atoms with Crippen LogP contribution in [-0.2, 0) is 21.3 Å². The minimum Gasteiger partial charge on any atom is -0.374 e. The van der Waals surface area contributed by atoms with Crippen LogP contribution in [0.2, 0.25) is 0 Å². The highest BCUT2D eigenvalue weighted by Crippen LogP contribution is 2.26. The lowest BCUT2D eigenvalue weighted by molar-refractivity contribution is -0.0505. The third kappa shape index (κ3) is 3.35.